The number of carbonyl (C=O) groups is 3. The molecule has 5 nitrogen and oxygen atoms in total. The minimum atomic E-state index is -1.34. The second kappa shape index (κ2) is 11.2. The van der Waals surface area contributed by atoms with Gasteiger partial charge in [0.2, 0.25) is 5.91 Å². The molecule has 0 spiro atoms. The summed E-state index contributed by atoms with van der Waals surface area (Å²) < 4.78 is 13.0. The number of benzene rings is 2. The Hall–Kier alpha value is -1.67. The van der Waals surface area contributed by atoms with Gasteiger partial charge in [-0.3, -0.25) is 9.59 Å². The van der Waals surface area contributed by atoms with E-state index in [1.54, 1.807) is 18.2 Å². The molecular weight excluding hydrogens is 380 g/mol. The van der Waals surface area contributed by atoms with Crippen molar-refractivity contribution in [1.29, 1.82) is 0 Å². The van der Waals surface area contributed by atoms with Crippen LogP contribution in [0.1, 0.15) is 22.8 Å². The molecule has 0 fully saturated rings. The predicted molar refractivity (Wildman–Crippen MR) is 96.1 cm³/mol. The molecule has 0 bridgehead atoms. The number of thioether (sulfide) groups is 1. The fourth-order valence-corrected chi connectivity index (χ4v) is 3.02. The van der Waals surface area contributed by atoms with E-state index in [1.807, 2.05) is 0 Å². The normalized spacial score (nSPS) is 11.2. The van der Waals surface area contributed by atoms with Gasteiger partial charge in [-0.2, -0.15) is 0 Å². The van der Waals surface area contributed by atoms with Crippen LogP contribution in [0.25, 0.3) is 0 Å². The zero-order valence-electron chi connectivity index (χ0n) is 15.0. The first-order valence-corrected chi connectivity index (χ1v) is 8.84. The first-order valence-electron chi connectivity index (χ1n) is 7.85. The molecule has 1 N–H and O–H groups in total. The van der Waals surface area contributed by atoms with Crippen LogP contribution in [0.5, 0.6) is 0 Å². The predicted octanol–water partition coefficient (Wildman–Crippen LogP) is -0.730. The molecule has 0 aromatic heterocycles. The number of halogens is 1. The quantitative estimate of drug-likeness (QED) is 0.623. The second-order valence-corrected chi connectivity index (χ2v) is 6.88. The second-order valence-electron chi connectivity index (χ2n) is 5.69. The van der Waals surface area contributed by atoms with Crippen molar-refractivity contribution in [3.05, 3.63) is 65.5 Å². The number of carboxylic acids is 1. The molecule has 0 radical (unpaired) electrons. The van der Waals surface area contributed by atoms with Gasteiger partial charge in [-0.05, 0) is 41.8 Å². The summed E-state index contributed by atoms with van der Waals surface area (Å²) in [5.74, 6) is -2.33. The molecular formula is C19H17FNNaO4S. The van der Waals surface area contributed by atoms with E-state index in [4.69, 9.17) is 0 Å². The third-order valence-corrected chi connectivity index (χ3v) is 4.60. The molecule has 2 rings (SSSR count). The average Bonchev–Trinajstić information content (AvgIpc) is 2.60. The Labute approximate surface area is 183 Å². The summed E-state index contributed by atoms with van der Waals surface area (Å²) in [6.45, 7) is 1.42. The minimum absolute atomic E-state index is 0. The zero-order chi connectivity index (χ0) is 19.1. The van der Waals surface area contributed by atoms with Crippen molar-refractivity contribution in [2.24, 2.45) is 5.92 Å². The number of carbonyl (C=O) groups excluding carboxylic acids is 3. The van der Waals surface area contributed by atoms with Crippen LogP contribution in [0.4, 0.5) is 10.1 Å². The Morgan fingerprint density at radius 1 is 1.15 bits per heavy atom. The van der Waals surface area contributed by atoms with Crippen molar-refractivity contribution in [3.8, 4) is 0 Å². The van der Waals surface area contributed by atoms with Crippen molar-refractivity contribution in [2.45, 2.75) is 13.3 Å². The van der Waals surface area contributed by atoms with Gasteiger partial charge in [0.25, 0.3) is 0 Å². The van der Waals surface area contributed by atoms with Crippen LogP contribution in [0.2, 0.25) is 0 Å². The van der Waals surface area contributed by atoms with Crippen LogP contribution in [0.3, 0.4) is 0 Å². The van der Waals surface area contributed by atoms with Crippen LogP contribution in [0, 0.1) is 11.7 Å². The molecule has 0 aliphatic rings. The van der Waals surface area contributed by atoms with Crippen LogP contribution in [-0.2, 0) is 16.0 Å². The summed E-state index contributed by atoms with van der Waals surface area (Å²) in [6, 6.07) is 11.5. The summed E-state index contributed by atoms with van der Waals surface area (Å²) >= 11 is 1.03. The van der Waals surface area contributed by atoms with E-state index < -0.39 is 11.9 Å². The van der Waals surface area contributed by atoms with Gasteiger partial charge < -0.3 is 15.2 Å². The third kappa shape index (κ3) is 7.84. The maximum absolute atomic E-state index is 13.0. The number of hydrogen-bond acceptors (Lipinski definition) is 5. The van der Waals surface area contributed by atoms with Gasteiger partial charge in [0.1, 0.15) is 5.82 Å². The Balaban J connectivity index is 0.00000364. The summed E-state index contributed by atoms with van der Waals surface area (Å²) in [7, 11) is 0. The monoisotopic (exact) mass is 397 g/mol. The van der Waals surface area contributed by atoms with E-state index in [1.165, 1.54) is 37.3 Å². The van der Waals surface area contributed by atoms with Gasteiger partial charge in [0.15, 0.2) is 5.12 Å². The number of carboxylic acid groups (broad SMARTS) is 1. The average molecular weight is 397 g/mol. The summed E-state index contributed by atoms with van der Waals surface area (Å²) in [5, 5.41) is 13.5. The van der Waals surface area contributed by atoms with Crippen molar-refractivity contribution in [2.75, 3.05) is 11.1 Å². The molecule has 1 atom stereocenters. The van der Waals surface area contributed by atoms with Gasteiger partial charge in [0.05, 0.1) is 11.9 Å². The topological polar surface area (TPSA) is 86.3 Å². The molecule has 0 saturated heterocycles. The van der Waals surface area contributed by atoms with E-state index in [2.05, 4.69) is 5.32 Å². The smallest absolute Gasteiger partial charge is 0.545 e. The Bertz CT molecular complexity index is 814. The zero-order valence-corrected chi connectivity index (χ0v) is 17.8. The molecule has 1 amide bonds. The largest absolute Gasteiger partial charge is 1.00 e. The Morgan fingerprint density at radius 3 is 2.41 bits per heavy atom. The molecule has 2 aromatic carbocycles. The number of anilines is 1. The number of aromatic carboxylic acids is 1. The first kappa shape index (κ1) is 23.4. The molecule has 27 heavy (non-hydrogen) atoms. The van der Waals surface area contributed by atoms with Crippen molar-refractivity contribution < 1.29 is 53.4 Å². The summed E-state index contributed by atoms with van der Waals surface area (Å²) in [5.41, 5.74) is 1.05. The number of rotatable bonds is 7. The van der Waals surface area contributed by atoms with E-state index in [9.17, 15) is 23.9 Å². The fraction of sp³-hybridized carbons (Fsp3) is 0.211. The molecule has 0 saturated carbocycles. The molecule has 8 heteroatoms. The third-order valence-electron chi connectivity index (χ3n) is 3.62. The number of amides is 1. The summed E-state index contributed by atoms with van der Waals surface area (Å²) in [4.78, 5) is 34.8. The van der Waals surface area contributed by atoms with Gasteiger partial charge >= 0.3 is 29.6 Å². The van der Waals surface area contributed by atoms with E-state index in [-0.39, 0.29) is 57.7 Å². The van der Waals surface area contributed by atoms with Crippen molar-refractivity contribution >= 4 is 34.4 Å². The van der Waals surface area contributed by atoms with Crippen LogP contribution < -0.4 is 40.0 Å². The van der Waals surface area contributed by atoms with Crippen LogP contribution in [0.15, 0.2) is 48.5 Å². The van der Waals surface area contributed by atoms with E-state index >= 15 is 0 Å². The van der Waals surface area contributed by atoms with Gasteiger partial charge in [0, 0.05) is 18.4 Å². The Kier molecular flexibility index (Phi) is 9.73. The molecule has 0 aliphatic heterocycles. The van der Waals surface area contributed by atoms with Crippen molar-refractivity contribution in [3.63, 3.8) is 0 Å². The fourth-order valence-electron chi connectivity index (χ4n) is 2.32. The molecule has 0 aliphatic carbocycles. The summed E-state index contributed by atoms with van der Waals surface area (Å²) in [6.07, 6.45) is 0.326. The van der Waals surface area contributed by atoms with Crippen LogP contribution >= 0.6 is 11.8 Å². The van der Waals surface area contributed by atoms with E-state index in [0.717, 1.165) is 17.3 Å². The van der Waals surface area contributed by atoms with Gasteiger partial charge in [-0.15, -0.1) is 0 Å². The molecule has 136 valence electrons. The Morgan fingerprint density at radius 2 is 1.81 bits per heavy atom. The standard InChI is InChI=1S/C19H18FNO4S.Na/c1-12(22)26-11-15(9-13-5-7-16(20)8-6-13)18(23)21-17-4-2-3-14(10-17)19(24)25;/h2-8,10,15H,9,11H2,1H3,(H,21,23)(H,24,25);/q;+1/p-1. The van der Waals surface area contributed by atoms with E-state index in [0.29, 0.717) is 12.1 Å². The van der Waals surface area contributed by atoms with Gasteiger partial charge in [-0.25, -0.2) is 4.39 Å². The minimum Gasteiger partial charge on any atom is -0.545 e. The number of hydrogen-bond donors (Lipinski definition) is 1. The number of nitrogens with one attached hydrogen (secondary N) is 1. The van der Waals surface area contributed by atoms with Crippen LogP contribution in [-0.4, -0.2) is 22.7 Å². The molecule has 1 unspecified atom stereocenters. The maximum atomic E-state index is 13.0. The first-order chi connectivity index (χ1) is 12.3. The van der Waals surface area contributed by atoms with Crippen molar-refractivity contribution in [1.82, 2.24) is 0 Å². The maximum Gasteiger partial charge on any atom is 1.00 e. The van der Waals surface area contributed by atoms with Gasteiger partial charge in [-0.1, -0.05) is 36.0 Å². The molecule has 0 heterocycles. The molecule has 2 aromatic rings. The SMILES string of the molecule is CC(=O)SCC(Cc1ccc(F)cc1)C(=O)Nc1cccc(C(=O)[O-])c1.[Na+].